The zero-order valence-corrected chi connectivity index (χ0v) is 20.6. The zero-order chi connectivity index (χ0) is 19.1. The summed E-state index contributed by atoms with van der Waals surface area (Å²) in [5.41, 5.74) is 1.06. The number of rotatable bonds is 10. The molecule has 3 aromatic rings. The third kappa shape index (κ3) is 5.41. The molecule has 144 valence electrons. The first-order valence-electron chi connectivity index (χ1n) is 7.67. The van der Waals surface area contributed by atoms with Crippen LogP contribution < -0.4 is 5.19 Å². The molecule has 0 aliphatic heterocycles. The van der Waals surface area contributed by atoms with Gasteiger partial charge in [-0.2, -0.15) is 0 Å². The number of hydrogen-bond acceptors (Lipinski definition) is 10. The van der Waals surface area contributed by atoms with E-state index in [1.807, 2.05) is 36.4 Å². The van der Waals surface area contributed by atoms with E-state index in [4.69, 9.17) is 13.3 Å². The highest BCUT2D eigenvalue weighted by Crippen LogP contribution is 2.53. The molecule has 0 aliphatic carbocycles. The van der Waals surface area contributed by atoms with E-state index < -0.39 is 8.80 Å². The Labute approximate surface area is 182 Å². The van der Waals surface area contributed by atoms with Gasteiger partial charge >= 0.3 is 8.80 Å². The first kappa shape index (κ1) is 21.9. The second-order valence-corrected chi connectivity index (χ2v) is 16.6. The van der Waals surface area contributed by atoms with Crippen LogP contribution in [0.15, 0.2) is 57.8 Å². The third-order valence-electron chi connectivity index (χ3n) is 3.58. The van der Waals surface area contributed by atoms with E-state index in [-0.39, 0.29) is 0 Å². The normalized spacial score (nSPS) is 12.0. The molecule has 3 rings (SSSR count). The summed E-state index contributed by atoms with van der Waals surface area (Å²) < 4.78 is 19.2. The minimum atomic E-state index is -2.84. The molecule has 0 fully saturated rings. The summed E-state index contributed by atoms with van der Waals surface area (Å²) in [6.45, 7) is 0. The van der Waals surface area contributed by atoms with Gasteiger partial charge in [0.1, 0.15) is 0 Å². The quantitative estimate of drug-likeness (QED) is 0.189. The Morgan fingerprint density at radius 2 is 1.48 bits per heavy atom. The third-order valence-corrected chi connectivity index (χ3v) is 16.1. The van der Waals surface area contributed by atoms with E-state index in [0.29, 0.717) is 0 Å². The monoisotopic (exact) mass is 491 g/mol. The second kappa shape index (κ2) is 10.8. The van der Waals surface area contributed by atoms with Crippen LogP contribution in [0.25, 0.3) is 10.2 Å². The molecule has 2 aromatic carbocycles. The fraction of sp³-hybridized carbons (Fsp3) is 0.188. The summed E-state index contributed by atoms with van der Waals surface area (Å²) in [5, 5.41) is 0.986. The molecule has 0 atom stereocenters. The van der Waals surface area contributed by atoms with E-state index in [2.05, 4.69) is 17.1 Å². The van der Waals surface area contributed by atoms with E-state index in [1.165, 1.54) is 4.70 Å². The van der Waals surface area contributed by atoms with Crippen LogP contribution in [0, 0.1) is 0 Å². The molecule has 0 radical (unpaired) electrons. The maximum absolute atomic E-state index is 5.63. The van der Waals surface area contributed by atoms with Crippen molar-refractivity contribution in [1.82, 2.24) is 4.98 Å². The molecule has 0 amide bonds. The molecule has 4 nitrogen and oxygen atoms in total. The number of fused-ring (bicyclic) bond motifs is 1. The lowest BCUT2D eigenvalue weighted by molar-refractivity contribution is 0.140. The summed E-state index contributed by atoms with van der Waals surface area (Å²) in [6, 6.07) is 16.3. The van der Waals surface area contributed by atoms with Crippen molar-refractivity contribution in [2.24, 2.45) is 0 Å². The Hall–Kier alpha value is 0.177. The first-order chi connectivity index (χ1) is 13.2. The van der Waals surface area contributed by atoms with Gasteiger partial charge in [-0.1, -0.05) is 30.3 Å². The van der Waals surface area contributed by atoms with Crippen LogP contribution in [0.4, 0.5) is 0 Å². The van der Waals surface area contributed by atoms with Gasteiger partial charge in [0, 0.05) is 31.4 Å². The zero-order valence-electron chi connectivity index (χ0n) is 14.7. The van der Waals surface area contributed by atoms with Crippen molar-refractivity contribution in [1.29, 1.82) is 0 Å². The summed E-state index contributed by atoms with van der Waals surface area (Å²) in [5.74, 6) is 0. The van der Waals surface area contributed by atoms with Crippen LogP contribution in [0.3, 0.4) is 0 Å². The van der Waals surface area contributed by atoms with E-state index in [9.17, 15) is 0 Å². The standard InChI is InChI=1S/C16H17NO3S6Si/c1-18-27(19-2,20-3)15-11-7-6-10-14(15)22-24-26-25-23-16-17-12-8-4-5-9-13(12)21-16/h4-11H,1-3H3. The van der Waals surface area contributed by atoms with Crippen LogP contribution in [0.1, 0.15) is 0 Å². The van der Waals surface area contributed by atoms with Crippen molar-refractivity contribution in [2.75, 3.05) is 21.3 Å². The number of thiazole rings is 1. The van der Waals surface area contributed by atoms with E-state index in [0.717, 1.165) is 19.9 Å². The van der Waals surface area contributed by atoms with Gasteiger partial charge in [0.2, 0.25) is 0 Å². The Bertz CT molecular complexity index is 835. The summed E-state index contributed by atoms with van der Waals surface area (Å²) in [6.07, 6.45) is 0. The molecule has 11 heteroatoms. The molecule has 1 aromatic heterocycles. The van der Waals surface area contributed by atoms with E-state index >= 15 is 0 Å². The second-order valence-electron chi connectivity index (χ2n) is 4.98. The van der Waals surface area contributed by atoms with Crippen LogP contribution >= 0.6 is 62.4 Å². The lowest BCUT2D eigenvalue weighted by atomic mass is 10.3. The highest BCUT2D eigenvalue weighted by molar-refractivity contribution is 9.35. The summed E-state index contributed by atoms with van der Waals surface area (Å²) in [7, 11) is 10.6. The first-order valence-corrected chi connectivity index (χ1v) is 16.4. The highest BCUT2D eigenvalue weighted by atomic mass is 33.8. The Kier molecular flexibility index (Phi) is 8.76. The SMILES string of the molecule is CO[Si](OC)(OC)c1ccccc1SSSSSc1nc2ccccc2s1. The van der Waals surface area contributed by atoms with E-state index in [1.54, 1.807) is 83.7 Å². The number of nitrogens with zero attached hydrogens (tertiary/aromatic N) is 1. The average Bonchev–Trinajstić information content (AvgIpc) is 3.13. The van der Waals surface area contributed by atoms with Gasteiger partial charge in [-0.15, -0.1) is 11.3 Å². The Morgan fingerprint density at radius 3 is 2.22 bits per heavy atom. The average molecular weight is 492 g/mol. The van der Waals surface area contributed by atoms with Crippen LogP contribution in [0.5, 0.6) is 0 Å². The number of para-hydroxylation sites is 1. The minimum Gasteiger partial charge on any atom is -0.373 e. The largest absolute Gasteiger partial charge is 0.537 e. The minimum absolute atomic E-state index is 0.986. The van der Waals surface area contributed by atoms with Gasteiger partial charge in [0.05, 0.1) is 10.2 Å². The highest BCUT2D eigenvalue weighted by Gasteiger charge is 2.42. The molecular formula is C16H17NO3S6Si. The smallest absolute Gasteiger partial charge is 0.373 e. The van der Waals surface area contributed by atoms with Crippen molar-refractivity contribution in [3.8, 4) is 0 Å². The van der Waals surface area contributed by atoms with Gasteiger partial charge < -0.3 is 13.3 Å². The van der Waals surface area contributed by atoms with Gasteiger partial charge in [0.15, 0.2) is 4.34 Å². The van der Waals surface area contributed by atoms with Crippen molar-refractivity contribution >= 4 is 86.6 Å². The number of hydrogen-bond donors (Lipinski definition) is 0. The van der Waals surface area contributed by atoms with Crippen molar-refractivity contribution in [3.05, 3.63) is 48.5 Å². The predicted octanol–water partition coefficient (Wildman–Crippen LogP) is 6.13. The maximum atomic E-state index is 5.63. The molecule has 0 bridgehead atoms. The molecule has 0 spiro atoms. The molecular weight excluding hydrogens is 475 g/mol. The summed E-state index contributed by atoms with van der Waals surface area (Å²) >= 11 is 1.72. The van der Waals surface area contributed by atoms with Gasteiger partial charge in [-0.25, -0.2) is 4.98 Å². The van der Waals surface area contributed by atoms with Crippen LogP contribution in [-0.4, -0.2) is 35.1 Å². The van der Waals surface area contributed by atoms with Gasteiger partial charge in [-0.05, 0) is 69.3 Å². The lowest BCUT2D eigenvalue weighted by Crippen LogP contribution is -2.55. The fourth-order valence-corrected chi connectivity index (χ4v) is 14.8. The number of benzene rings is 2. The van der Waals surface area contributed by atoms with Gasteiger partial charge in [0.25, 0.3) is 0 Å². The molecule has 27 heavy (non-hydrogen) atoms. The maximum Gasteiger partial charge on any atom is 0.537 e. The molecule has 0 saturated heterocycles. The Balaban J connectivity index is 1.55. The topological polar surface area (TPSA) is 40.6 Å². The van der Waals surface area contributed by atoms with Gasteiger partial charge in [-0.3, -0.25) is 0 Å². The van der Waals surface area contributed by atoms with Crippen molar-refractivity contribution in [2.45, 2.75) is 9.24 Å². The van der Waals surface area contributed by atoms with Crippen molar-refractivity contribution in [3.63, 3.8) is 0 Å². The predicted molar refractivity (Wildman–Crippen MR) is 127 cm³/mol. The number of aromatic nitrogens is 1. The summed E-state index contributed by atoms with van der Waals surface area (Å²) in [4.78, 5) is 5.73. The van der Waals surface area contributed by atoms with Crippen LogP contribution in [-0.2, 0) is 13.3 Å². The lowest BCUT2D eigenvalue weighted by Gasteiger charge is -2.26. The molecule has 0 aliphatic rings. The Morgan fingerprint density at radius 1 is 0.815 bits per heavy atom. The fourth-order valence-electron chi connectivity index (χ4n) is 2.36. The molecule has 0 N–H and O–H groups in total. The molecule has 0 saturated carbocycles. The molecule has 1 heterocycles. The molecule has 0 unspecified atom stereocenters. The van der Waals surface area contributed by atoms with Crippen LogP contribution in [0.2, 0.25) is 0 Å². The van der Waals surface area contributed by atoms with Crippen molar-refractivity contribution < 1.29 is 13.3 Å².